The Labute approximate surface area is 246 Å². The van der Waals surface area contributed by atoms with E-state index in [9.17, 15) is 0 Å². The van der Waals surface area contributed by atoms with E-state index in [1.165, 1.54) is 60.9 Å². The van der Waals surface area contributed by atoms with E-state index in [4.69, 9.17) is 4.74 Å². The third kappa shape index (κ3) is 5.93. The lowest BCUT2D eigenvalue weighted by Crippen LogP contribution is -2.34. The van der Waals surface area contributed by atoms with Gasteiger partial charge in [0.15, 0.2) is 0 Å². The van der Waals surface area contributed by atoms with Crippen molar-refractivity contribution in [3.05, 3.63) is 111 Å². The Morgan fingerprint density at radius 1 is 0.700 bits per heavy atom. The molecule has 0 spiro atoms. The first-order valence-corrected chi connectivity index (χ1v) is 15.6. The van der Waals surface area contributed by atoms with E-state index in [1.807, 2.05) is 0 Å². The molecular weight excluding hydrogens is 501 g/mol. The number of benzene rings is 3. The fourth-order valence-corrected chi connectivity index (χ4v) is 8.42. The minimum atomic E-state index is -0.133. The number of aryl methyl sites for hydroxylation is 2. The van der Waals surface area contributed by atoms with E-state index in [0.717, 1.165) is 12.2 Å². The Bertz CT molecular complexity index is 1440. The van der Waals surface area contributed by atoms with Crippen molar-refractivity contribution in [1.82, 2.24) is 0 Å². The smallest absolute Gasteiger partial charge is 0.119 e. The summed E-state index contributed by atoms with van der Waals surface area (Å²) in [6.45, 7) is 25.6. The normalized spacial score (nSPS) is 18.1. The molecule has 1 aliphatic carbocycles. The van der Waals surface area contributed by atoms with E-state index < -0.39 is 0 Å². The maximum absolute atomic E-state index is 5.67. The maximum Gasteiger partial charge on any atom is 0.119 e. The Kier molecular flexibility index (Phi) is 8.18. The summed E-state index contributed by atoms with van der Waals surface area (Å²) in [4.78, 5) is 0. The van der Waals surface area contributed by atoms with Crippen LogP contribution in [0.25, 0.3) is 5.57 Å². The summed E-state index contributed by atoms with van der Waals surface area (Å²) < 4.78 is 5.67. The van der Waals surface area contributed by atoms with Gasteiger partial charge in [-0.15, -0.1) is 0 Å². The minimum Gasteiger partial charge on any atom is -0.497 e. The highest BCUT2D eigenvalue weighted by Crippen LogP contribution is 2.59. The molecule has 3 aromatic rings. The topological polar surface area (TPSA) is 9.23 Å². The minimum absolute atomic E-state index is 0.0615. The van der Waals surface area contributed by atoms with Crippen molar-refractivity contribution in [1.29, 1.82) is 0 Å². The first-order valence-electron chi connectivity index (χ1n) is 14.6. The lowest BCUT2D eigenvalue weighted by Gasteiger charge is -2.37. The second-order valence-electron chi connectivity index (χ2n) is 14.0. The van der Waals surface area contributed by atoms with Crippen molar-refractivity contribution in [2.75, 3.05) is 7.11 Å². The molecule has 40 heavy (non-hydrogen) atoms. The third-order valence-corrected chi connectivity index (χ3v) is 10.5. The van der Waals surface area contributed by atoms with Crippen LogP contribution in [0.2, 0.25) is 5.04 Å². The van der Waals surface area contributed by atoms with Crippen molar-refractivity contribution in [3.8, 4) is 5.75 Å². The van der Waals surface area contributed by atoms with Crippen molar-refractivity contribution in [2.24, 2.45) is 0 Å². The van der Waals surface area contributed by atoms with Gasteiger partial charge in [-0.3, -0.25) is 0 Å². The molecule has 2 heteroatoms. The predicted octanol–water partition coefficient (Wildman–Crippen LogP) is 9.46. The van der Waals surface area contributed by atoms with Crippen molar-refractivity contribution in [3.63, 3.8) is 0 Å². The second-order valence-corrected chi connectivity index (χ2v) is 15.7. The zero-order valence-corrected chi connectivity index (χ0v) is 27.9. The maximum atomic E-state index is 5.67. The van der Waals surface area contributed by atoms with Gasteiger partial charge in [0.2, 0.25) is 0 Å². The van der Waals surface area contributed by atoms with Crippen molar-refractivity contribution >= 4 is 20.3 Å². The summed E-state index contributed by atoms with van der Waals surface area (Å²) >= 11 is 0. The molecule has 0 bridgehead atoms. The molecule has 3 aromatic carbocycles. The van der Waals surface area contributed by atoms with Gasteiger partial charge in [0.25, 0.3) is 0 Å². The standard InChI is InChI=1S/C38H48OSi/c1-24-16-25(2)18-34(17-24)40-38(23-29-14-13-15-33(19-29)39-12)28(5)26(3)27(4)35(38)30-20-31(36(6,7)8)22-32(21-30)37(9,10)11/h13-22H,23H2,1-12H3. The molecule has 1 aliphatic rings. The van der Waals surface area contributed by atoms with Crippen LogP contribution in [0.3, 0.4) is 0 Å². The molecular formula is C38H48OSi. The van der Waals surface area contributed by atoms with E-state index in [1.54, 1.807) is 7.11 Å². The van der Waals surface area contributed by atoms with E-state index >= 15 is 0 Å². The average Bonchev–Trinajstić information content (AvgIpc) is 3.02. The van der Waals surface area contributed by atoms with Crippen LogP contribution in [-0.2, 0) is 17.3 Å². The molecule has 0 fully saturated rings. The predicted molar refractivity (Wildman–Crippen MR) is 176 cm³/mol. The summed E-state index contributed by atoms with van der Waals surface area (Å²) in [6.07, 6.45) is 0.941. The Morgan fingerprint density at radius 3 is 1.80 bits per heavy atom. The molecule has 1 atom stereocenters. The largest absolute Gasteiger partial charge is 0.497 e. The van der Waals surface area contributed by atoms with Gasteiger partial charge in [-0.05, 0) is 103 Å². The van der Waals surface area contributed by atoms with Gasteiger partial charge in [0, 0.05) is 5.04 Å². The highest BCUT2D eigenvalue weighted by molar-refractivity contribution is 6.61. The molecule has 0 aliphatic heterocycles. The lowest BCUT2D eigenvalue weighted by molar-refractivity contribution is 0.414. The summed E-state index contributed by atoms with van der Waals surface area (Å²) in [5, 5.41) is 1.30. The Morgan fingerprint density at radius 2 is 1.27 bits per heavy atom. The van der Waals surface area contributed by atoms with E-state index in [-0.39, 0.29) is 15.9 Å². The summed E-state index contributed by atoms with van der Waals surface area (Å²) in [6, 6.07) is 23.2. The molecule has 0 aromatic heterocycles. The highest BCUT2D eigenvalue weighted by Gasteiger charge is 2.44. The van der Waals surface area contributed by atoms with E-state index in [0.29, 0.717) is 9.52 Å². The molecule has 0 heterocycles. The molecule has 0 amide bonds. The van der Waals surface area contributed by atoms with Crippen molar-refractivity contribution in [2.45, 2.75) is 98.5 Å². The quantitative estimate of drug-likeness (QED) is 0.279. The second kappa shape index (κ2) is 10.9. The zero-order valence-electron chi connectivity index (χ0n) is 26.9. The van der Waals surface area contributed by atoms with Crippen LogP contribution < -0.4 is 9.92 Å². The average molecular weight is 549 g/mol. The molecule has 2 radical (unpaired) electrons. The number of rotatable bonds is 6. The van der Waals surface area contributed by atoms with Gasteiger partial charge < -0.3 is 4.74 Å². The third-order valence-electron chi connectivity index (χ3n) is 8.70. The number of hydrogen-bond donors (Lipinski definition) is 0. The van der Waals surface area contributed by atoms with Gasteiger partial charge in [0.1, 0.15) is 5.75 Å². The molecule has 0 saturated heterocycles. The van der Waals surface area contributed by atoms with Crippen LogP contribution >= 0.6 is 0 Å². The fourth-order valence-electron chi connectivity index (χ4n) is 6.20. The molecule has 210 valence electrons. The van der Waals surface area contributed by atoms with Gasteiger partial charge >= 0.3 is 0 Å². The van der Waals surface area contributed by atoms with Crippen LogP contribution in [0.15, 0.2) is 77.4 Å². The first-order chi connectivity index (χ1) is 18.5. The highest BCUT2D eigenvalue weighted by atomic mass is 28.2. The zero-order chi connectivity index (χ0) is 29.6. The summed E-state index contributed by atoms with van der Waals surface area (Å²) in [7, 11) is 2.38. The monoisotopic (exact) mass is 548 g/mol. The molecule has 0 saturated carbocycles. The van der Waals surface area contributed by atoms with Gasteiger partial charge in [-0.1, -0.05) is 112 Å². The first kappa shape index (κ1) is 30.1. The summed E-state index contributed by atoms with van der Waals surface area (Å²) in [5.41, 5.74) is 14.2. The van der Waals surface area contributed by atoms with Gasteiger partial charge in [0.05, 0.1) is 16.6 Å². The van der Waals surface area contributed by atoms with E-state index in [2.05, 4.69) is 137 Å². The number of ether oxygens (including phenoxy) is 1. The molecule has 1 unspecified atom stereocenters. The van der Waals surface area contributed by atoms with Crippen molar-refractivity contribution < 1.29 is 4.74 Å². The summed E-state index contributed by atoms with van der Waals surface area (Å²) in [5.74, 6) is 0.922. The van der Waals surface area contributed by atoms with Crippen LogP contribution in [0.1, 0.15) is 95.7 Å². The van der Waals surface area contributed by atoms with Crippen LogP contribution in [-0.4, -0.2) is 16.6 Å². The number of methoxy groups -OCH3 is 1. The molecule has 1 nitrogen and oxygen atoms in total. The van der Waals surface area contributed by atoms with Crippen LogP contribution in [0.4, 0.5) is 0 Å². The Balaban J connectivity index is 2.04. The fraction of sp³-hybridized carbons (Fsp3) is 0.421. The number of hydrogen-bond acceptors (Lipinski definition) is 1. The SMILES string of the molecule is COc1cccc(CC2([Si]c3cc(C)cc(C)c3)C(C)=C(C)C(C)=C2c2cc(C(C)(C)C)cc(C(C)(C)C)c2)c1. The number of allylic oxidation sites excluding steroid dienone is 4. The molecule has 0 N–H and O–H groups in total. The van der Waals surface area contributed by atoms with Gasteiger partial charge in [-0.25, -0.2) is 0 Å². The lowest BCUT2D eigenvalue weighted by atomic mass is 9.76. The molecule has 4 rings (SSSR count). The Hall–Kier alpha value is -2.84. The van der Waals surface area contributed by atoms with Crippen LogP contribution in [0.5, 0.6) is 5.75 Å². The van der Waals surface area contributed by atoms with Crippen LogP contribution in [0, 0.1) is 13.8 Å². The van der Waals surface area contributed by atoms with Gasteiger partial charge in [-0.2, -0.15) is 0 Å².